The molecule has 4 aromatic rings. The van der Waals surface area contributed by atoms with Gasteiger partial charge in [-0.3, -0.25) is 4.79 Å². The van der Waals surface area contributed by atoms with Crippen molar-refractivity contribution in [1.29, 1.82) is 0 Å². The summed E-state index contributed by atoms with van der Waals surface area (Å²) in [6, 6.07) is 5.84. The van der Waals surface area contributed by atoms with Crippen molar-refractivity contribution in [3.63, 3.8) is 0 Å². The second-order valence-electron chi connectivity index (χ2n) is 13.2. The number of nitrogen functional groups attached to an aromatic ring is 1. The molecule has 1 atom stereocenters. The van der Waals surface area contributed by atoms with E-state index < -0.39 is 11.5 Å². The maximum Gasteiger partial charge on any atom is 0.355 e. The van der Waals surface area contributed by atoms with E-state index in [1.807, 2.05) is 39.5 Å². The number of halogens is 2. The Morgan fingerprint density at radius 2 is 1.73 bits per heavy atom. The molecule has 0 radical (unpaired) electrons. The van der Waals surface area contributed by atoms with Gasteiger partial charge in [-0.1, -0.05) is 51.9 Å². The third kappa shape index (κ3) is 6.32. The minimum Gasteiger partial charge on any atom is -0.398 e. The van der Waals surface area contributed by atoms with Crippen molar-refractivity contribution in [2.24, 2.45) is 0 Å². The molecule has 2 saturated heterocycles. The molecule has 14 heteroatoms. The van der Waals surface area contributed by atoms with Crippen LogP contribution >= 0.6 is 11.6 Å². The smallest absolute Gasteiger partial charge is 0.355 e. The third-order valence-corrected chi connectivity index (χ3v) is 9.40. The number of amides is 1. The molecule has 12 nitrogen and oxygen atoms in total. The Morgan fingerprint density at radius 1 is 1.06 bits per heavy atom. The van der Waals surface area contributed by atoms with Gasteiger partial charge in [0.15, 0.2) is 5.65 Å². The predicted octanol–water partition coefficient (Wildman–Crippen LogP) is 4.49. The van der Waals surface area contributed by atoms with Crippen LogP contribution in [-0.2, 0) is 4.79 Å². The zero-order chi connectivity index (χ0) is 35.1. The molecule has 2 aliphatic rings. The fraction of sp³-hybridized carbons (Fsp3) is 0.429. The Hall–Kier alpha value is -4.62. The van der Waals surface area contributed by atoms with Gasteiger partial charge >= 0.3 is 5.69 Å². The van der Waals surface area contributed by atoms with E-state index in [1.54, 1.807) is 17.0 Å². The molecule has 0 unspecified atom stereocenters. The molecule has 5 heterocycles. The van der Waals surface area contributed by atoms with Gasteiger partial charge in [-0.2, -0.15) is 4.98 Å². The molecule has 6 rings (SSSR count). The maximum atomic E-state index is 15.4. The number of benzene rings is 1. The molecule has 2 fully saturated rings. The van der Waals surface area contributed by atoms with Gasteiger partial charge in [-0.05, 0) is 43.0 Å². The number of nitrogens with two attached hydrogens (primary N) is 1. The first kappa shape index (κ1) is 34.3. The first-order valence-corrected chi connectivity index (χ1v) is 17.0. The second kappa shape index (κ2) is 13.7. The van der Waals surface area contributed by atoms with Gasteiger partial charge in [0.25, 0.3) is 0 Å². The van der Waals surface area contributed by atoms with Gasteiger partial charge in [0.1, 0.15) is 11.6 Å². The number of pyridine rings is 1. The van der Waals surface area contributed by atoms with Crippen molar-refractivity contribution in [2.75, 3.05) is 61.3 Å². The number of nitrogens with one attached hydrogen (secondary N) is 1. The molecule has 0 spiro atoms. The predicted molar refractivity (Wildman–Crippen MR) is 192 cm³/mol. The zero-order valence-electron chi connectivity index (χ0n) is 28.5. The summed E-state index contributed by atoms with van der Waals surface area (Å²) < 4.78 is 16.8. The molecule has 3 N–H and O–H groups in total. The molecule has 1 amide bonds. The van der Waals surface area contributed by atoms with Crippen LogP contribution in [0.2, 0.25) is 5.02 Å². The number of hydrogen-bond acceptors (Lipinski definition) is 10. The van der Waals surface area contributed by atoms with E-state index in [9.17, 15) is 9.59 Å². The Morgan fingerprint density at radius 3 is 2.33 bits per heavy atom. The van der Waals surface area contributed by atoms with E-state index in [0.29, 0.717) is 53.9 Å². The minimum absolute atomic E-state index is 0.0372. The van der Waals surface area contributed by atoms with Gasteiger partial charge in [0.2, 0.25) is 11.9 Å². The monoisotopic (exact) mass is 688 g/mol. The summed E-state index contributed by atoms with van der Waals surface area (Å²) in [5.41, 5.74) is 8.02. The molecular weight excluding hydrogens is 647 g/mol. The van der Waals surface area contributed by atoms with Crippen LogP contribution in [0.5, 0.6) is 0 Å². The quantitative estimate of drug-likeness (QED) is 0.211. The first-order valence-electron chi connectivity index (χ1n) is 16.6. The molecule has 2 aliphatic heterocycles. The maximum absolute atomic E-state index is 15.4. The van der Waals surface area contributed by atoms with E-state index >= 15 is 4.39 Å². The molecule has 258 valence electrons. The zero-order valence-corrected chi connectivity index (χ0v) is 29.3. The van der Waals surface area contributed by atoms with Crippen LogP contribution in [0.4, 0.5) is 21.8 Å². The number of nitrogens with zero attached hydrogens (tertiary/aromatic N) is 8. The fourth-order valence-corrected chi connectivity index (χ4v) is 6.86. The molecular formula is C35H42ClFN10O2. The van der Waals surface area contributed by atoms with Gasteiger partial charge in [0, 0.05) is 57.5 Å². The SMILES string of the molecule is C=CC(=O)N1CCN(c2nc(=O)n(-c3c(C(C)C)nc(N4CCNCC4)nc3C(C)C)c3nc(-c4c(N)cccc4F)c(Cl)cc23)[C@@H](C)C1. The Balaban J connectivity index is 1.66. The van der Waals surface area contributed by atoms with Crippen LogP contribution in [0.15, 0.2) is 41.7 Å². The van der Waals surface area contributed by atoms with E-state index in [-0.39, 0.29) is 51.4 Å². The highest BCUT2D eigenvalue weighted by Crippen LogP contribution is 2.39. The Kier molecular flexibility index (Phi) is 9.58. The lowest BCUT2D eigenvalue weighted by Gasteiger charge is -2.40. The minimum atomic E-state index is -0.594. The average molecular weight is 689 g/mol. The highest BCUT2D eigenvalue weighted by molar-refractivity contribution is 6.34. The summed E-state index contributed by atoms with van der Waals surface area (Å²) in [6.07, 6.45) is 1.30. The normalized spacial score (nSPS) is 17.0. The summed E-state index contributed by atoms with van der Waals surface area (Å²) in [5, 5.41) is 3.99. The van der Waals surface area contributed by atoms with Gasteiger partial charge in [-0.25, -0.2) is 28.7 Å². The summed E-state index contributed by atoms with van der Waals surface area (Å²) in [6.45, 7) is 18.0. The number of hydrogen-bond donors (Lipinski definition) is 2. The van der Waals surface area contributed by atoms with Crippen molar-refractivity contribution in [3.8, 4) is 16.9 Å². The van der Waals surface area contributed by atoms with Crippen LogP contribution in [-0.4, -0.2) is 87.2 Å². The van der Waals surface area contributed by atoms with Crippen LogP contribution in [0.25, 0.3) is 28.0 Å². The number of aromatic nitrogens is 5. The van der Waals surface area contributed by atoms with Crippen LogP contribution in [0, 0.1) is 5.82 Å². The van der Waals surface area contributed by atoms with E-state index in [0.717, 1.165) is 26.2 Å². The molecule has 49 heavy (non-hydrogen) atoms. The standard InChI is InChI=1S/C35H42ClFN10O2/c1-7-26(48)45-15-16-46(21(6)18-45)32-22-17-23(36)30(27-24(37)9-8-10-25(27)38)40-33(22)47(35(49)43-32)31-28(19(2)3)41-34(42-29(31)20(4)5)44-13-11-39-12-14-44/h7-10,17,19-21,39H,1,11-16,18,38H2,2-6H3/t21-/m0/s1. The topological polar surface area (TPSA) is 138 Å². The number of carbonyl (C=O) groups is 1. The van der Waals surface area contributed by atoms with E-state index in [4.69, 9.17) is 32.3 Å². The first-order chi connectivity index (χ1) is 23.4. The van der Waals surface area contributed by atoms with Crippen molar-refractivity contribution in [2.45, 2.75) is 52.5 Å². The van der Waals surface area contributed by atoms with Gasteiger partial charge < -0.3 is 25.8 Å². The Labute approximate surface area is 289 Å². The number of fused-ring (bicyclic) bond motifs is 1. The Bertz CT molecular complexity index is 1940. The average Bonchev–Trinajstić information content (AvgIpc) is 3.08. The van der Waals surface area contributed by atoms with Crippen LogP contribution in [0.3, 0.4) is 0 Å². The lowest BCUT2D eigenvalue weighted by Crippen LogP contribution is -2.54. The van der Waals surface area contributed by atoms with Crippen molar-refractivity contribution in [1.82, 2.24) is 34.7 Å². The van der Waals surface area contributed by atoms with Crippen LogP contribution < -0.4 is 26.5 Å². The number of anilines is 3. The highest BCUT2D eigenvalue weighted by Gasteiger charge is 2.32. The van der Waals surface area contributed by atoms with Crippen LogP contribution in [0.1, 0.15) is 57.8 Å². The largest absolute Gasteiger partial charge is 0.398 e. The van der Waals surface area contributed by atoms with E-state index in [1.165, 1.54) is 22.8 Å². The number of piperazine rings is 2. The molecule has 0 bridgehead atoms. The molecule has 1 aromatic carbocycles. The van der Waals surface area contributed by atoms with E-state index in [2.05, 4.69) is 21.8 Å². The third-order valence-electron chi connectivity index (χ3n) is 9.11. The summed E-state index contributed by atoms with van der Waals surface area (Å²) >= 11 is 6.90. The molecule has 3 aromatic heterocycles. The molecule has 0 saturated carbocycles. The lowest BCUT2D eigenvalue weighted by molar-refractivity contribution is -0.126. The van der Waals surface area contributed by atoms with Crippen molar-refractivity contribution >= 4 is 46.0 Å². The second-order valence-corrected chi connectivity index (χ2v) is 13.6. The fourth-order valence-electron chi connectivity index (χ4n) is 6.61. The summed E-state index contributed by atoms with van der Waals surface area (Å²) in [4.78, 5) is 52.5. The van der Waals surface area contributed by atoms with Gasteiger partial charge in [0.05, 0.1) is 38.7 Å². The number of rotatable bonds is 7. The van der Waals surface area contributed by atoms with Crippen molar-refractivity contribution < 1.29 is 9.18 Å². The lowest BCUT2D eigenvalue weighted by atomic mass is 10.0. The van der Waals surface area contributed by atoms with Crippen molar-refractivity contribution in [3.05, 3.63) is 69.6 Å². The summed E-state index contributed by atoms with van der Waals surface area (Å²) in [7, 11) is 0. The van der Waals surface area contributed by atoms with Gasteiger partial charge in [-0.15, -0.1) is 0 Å². The molecule has 0 aliphatic carbocycles. The number of carbonyl (C=O) groups excluding carboxylic acids is 1. The highest BCUT2D eigenvalue weighted by atomic mass is 35.5. The summed E-state index contributed by atoms with van der Waals surface area (Å²) in [5.74, 6) is 0.00133.